The van der Waals surface area contributed by atoms with Crippen molar-refractivity contribution in [2.45, 2.75) is 0 Å². The maximum atomic E-state index is 11.8. The highest BCUT2D eigenvalue weighted by molar-refractivity contribution is 6.31. The molecule has 4 nitrogen and oxygen atoms in total. The van der Waals surface area contributed by atoms with E-state index in [4.69, 9.17) is 21.8 Å². The number of hydrogen-bond donors (Lipinski definition) is 2. The fraction of sp³-hybridized carbons (Fsp3) is 0.0714. The van der Waals surface area contributed by atoms with Gasteiger partial charge in [-0.2, -0.15) is 0 Å². The molecule has 19 heavy (non-hydrogen) atoms. The average molecular weight is 275 g/mol. The highest BCUT2D eigenvalue weighted by atomic mass is 35.5. The highest BCUT2D eigenvalue weighted by Crippen LogP contribution is 2.20. The summed E-state index contributed by atoms with van der Waals surface area (Å²) in [6, 6.07) is 8.28. The van der Waals surface area contributed by atoms with E-state index < -0.39 is 0 Å². The lowest BCUT2D eigenvalue weighted by Crippen LogP contribution is -2.10. The van der Waals surface area contributed by atoms with Gasteiger partial charge >= 0.3 is 0 Å². The van der Waals surface area contributed by atoms with Gasteiger partial charge in [0.05, 0.1) is 17.8 Å². The number of anilines is 1. The number of carbonyl (C=O) groups excluding carboxylic acids is 1. The predicted molar refractivity (Wildman–Crippen MR) is 74.0 cm³/mol. The molecule has 0 bridgehead atoms. The number of hydrogen-bond acceptors (Lipinski definition) is 3. The third-order valence-corrected chi connectivity index (χ3v) is 2.62. The Morgan fingerprint density at radius 3 is 2.95 bits per heavy atom. The maximum Gasteiger partial charge on any atom is 0.291 e. The summed E-state index contributed by atoms with van der Waals surface area (Å²) in [5.74, 6) is 5.47. The van der Waals surface area contributed by atoms with Gasteiger partial charge in [-0.3, -0.25) is 4.79 Å². The van der Waals surface area contributed by atoms with Crippen molar-refractivity contribution >= 4 is 23.2 Å². The summed E-state index contributed by atoms with van der Waals surface area (Å²) in [7, 11) is 0. The monoisotopic (exact) mass is 274 g/mol. The third kappa shape index (κ3) is 3.38. The van der Waals surface area contributed by atoms with Gasteiger partial charge in [-0.1, -0.05) is 23.4 Å². The molecule has 0 aliphatic rings. The summed E-state index contributed by atoms with van der Waals surface area (Å²) >= 11 is 5.99. The zero-order chi connectivity index (χ0) is 13.7. The molecule has 1 heterocycles. The molecule has 0 spiro atoms. The maximum absolute atomic E-state index is 11.8. The molecule has 5 heteroatoms. The molecule has 1 amide bonds. The van der Waals surface area contributed by atoms with Gasteiger partial charge in [0.15, 0.2) is 5.76 Å². The predicted octanol–water partition coefficient (Wildman–Crippen LogP) is 2.50. The number of amides is 1. The van der Waals surface area contributed by atoms with Crippen LogP contribution in [0.4, 0.5) is 5.69 Å². The van der Waals surface area contributed by atoms with Crippen LogP contribution in [0, 0.1) is 11.8 Å². The van der Waals surface area contributed by atoms with Gasteiger partial charge in [0, 0.05) is 11.3 Å². The van der Waals surface area contributed by atoms with Crippen molar-refractivity contribution in [1.82, 2.24) is 0 Å². The molecule has 2 rings (SSSR count). The molecule has 0 saturated heterocycles. The van der Waals surface area contributed by atoms with Crippen molar-refractivity contribution in [2.75, 3.05) is 11.9 Å². The lowest BCUT2D eigenvalue weighted by Gasteiger charge is -2.04. The first kappa shape index (κ1) is 13.2. The molecule has 1 aromatic carbocycles. The first-order chi connectivity index (χ1) is 9.20. The standard InChI is InChI=1S/C14H11ClN2O2/c15-12-6-5-11(9-10(12)3-1-7-16)17-14(18)13-4-2-8-19-13/h2,4-6,8-9H,7,16H2,(H,17,18). The van der Waals surface area contributed by atoms with E-state index in [9.17, 15) is 4.79 Å². The number of nitrogens with two attached hydrogens (primary N) is 1. The molecular formula is C14H11ClN2O2. The minimum absolute atomic E-state index is 0.240. The Morgan fingerprint density at radius 1 is 1.42 bits per heavy atom. The Kier molecular flexibility index (Phi) is 4.24. The number of halogens is 1. The fourth-order valence-corrected chi connectivity index (χ4v) is 1.61. The second-order valence-electron chi connectivity index (χ2n) is 3.63. The van der Waals surface area contributed by atoms with Crippen molar-refractivity contribution < 1.29 is 9.21 Å². The van der Waals surface area contributed by atoms with E-state index in [-0.39, 0.29) is 18.2 Å². The minimum Gasteiger partial charge on any atom is -0.459 e. The first-order valence-corrected chi connectivity index (χ1v) is 5.92. The number of carbonyl (C=O) groups is 1. The number of rotatable bonds is 2. The van der Waals surface area contributed by atoms with Crippen LogP contribution < -0.4 is 11.1 Å². The van der Waals surface area contributed by atoms with Crippen LogP contribution in [-0.4, -0.2) is 12.5 Å². The topological polar surface area (TPSA) is 68.3 Å². The van der Waals surface area contributed by atoms with Crippen LogP contribution >= 0.6 is 11.6 Å². The number of nitrogens with one attached hydrogen (secondary N) is 1. The molecule has 2 aromatic rings. The summed E-state index contributed by atoms with van der Waals surface area (Å²) in [4.78, 5) is 11.8. The lowest BCUT2D eigenvalue weighted by molar-refractivity contribution is 0.0996. The van der Waals surface area contributed by atoms with E-state index >= 15 is 0 Å². The van der Waals surface area contributed by atoms with Gasteiger partial charge < -0.3 is 15.5 Å². The molecule has 3 N–H and O–H groups in total. The average Bonchev–Trinajstić information content (AvgIpc) is 2.93. The first-order valence-electron chi connectivity index (χ1n) is 5.54. The van der Waals surface area contributed by atoms with E-state index in [1.165, 1.54) is 6.26 Å². The molecule has 96 valence electrons. The second-order valence-corrected chi connectivity index (χ2v) is 4.04. The zero-order valence-electron chi connectivity index (χ0n) is 9.94. The summed E-state index contributed by atoms with van der Waals surface area (Å²) in [6.07, 6.45) is 1.44. The van der Waals surface area contributed by atoms with Crippen LogP contribution in [-0.2, 0) is 0 Å². The van der Waals surface area contributed by atoms with Crippen LogP contribution in [0.25, 0.3) is 0 Å². The molecule has 1 aromatic heterocycles. The second kappa shape index (κ2) is 6.10. The Morgan fingerprint density at radius 2 is 2.26 bits per heavy atom. The van der Waals surface area contributed by atoms with E-state index in [0.717, 1.165) is 0 Å². The summed E-state index contributed by atoms with van der Waals surface area (Å²) in [6.45, 7) is 0.249. The summed E-state index contributed by atoms with van der Waals surface area (Å²) in [5, 5.41) is 3.21. The van der Waals surface area contributed by atoms with Crippen LogP contribution in [0.3, 0.4) is 0 Å². The molecule has 0 aliphatic heterocycles. The zero-order valence-corrected chi connectivity index (χ0v) is 10.7. The Labute approximate surface area is 115 Å². The summed E-state index contributed by atoms with van der Waals surface area (Å²) < 4.78 is 5.00. The minimum atomic E-state index is -0.329. The van der Waals surface area contributed by atoms with E-state index in [2.05, 4.69) is 17.2 Å². The Hall–Kier alpha value is -2.22. The van der Waals surface area contributed by atoms with Crippen molar-refractivity contribution in [3.63, 3.8) is 0 Å². The quantitative estimate of drug-likeness (QED) is 0.827. The highest BCUT2D eigenvalue weighted by Gasteiger charge is 2.09. The van der Waals surface area contributed by atoms with Crippen molar-refractivity contribution in [3.8, 4) is 11.8 Å². The van der Waals surface area contributed by atoms with Crippen LogP contribution in [0.2, 0.25) is 5.02 Å². The Balaban J connectivity index is 2.19. The SMILES string of the molecule is NCC#Cc1cc(NC(=O)c2ccco2)ccc1Cl. The van der Waals surface area contributed by atoms with Crippen LogP contribution in [0.1, 0.15) is 16.1 Å². The smallest absolute Gasteiger partial charge is 0.291 e. The molecule has 0 unspecified atom stereocenters. The van der Waals surface area contributed by atoms with Gasteiger partial charge in [0.1, 0.15) is 0 Å². The van der Waals surface area contributed by atoms with Gasteiger partial charge in [0.2, 0.25) is 0 Å². The van der Waals surface area contributed by atoms with Crippen molar-refractivity contribution in [1.29, 1.82) is 0 Å². The van der Waals surface area contributed by atoms with Crippen LogP contribution in [0.15, 0.2) is 41.0 Å². The fourth-order valence-electron chi connectivity index (χ4n) is 1.45. The molecule has 0 aliphatic carbocycles. The van der Waals surface area contributed by atoms with E-state index in [1.807, 2.05) is 0 Å². The van der Waals surface area contributed by atoms with Crippen molar-refractivity contribution in [2.24, 2.45) is 5.73 Å². The number of benzene rings is 1. The Bertz CT molecular complexity index is 639. The largest absolute Gasteiger partial charge is 0.459 e. The molecule has 0 atom stereocenters. The molecule has 0 saturated carbocycles. The van der Waals surface area contributed by atoms with Gasteiger partial charge in [-0.15, -0.1) is 0 Å². The van der Waals surface area contributed by atoms with Crippen LogP contribution in [0.5, 0.6) is 0 Å². The van der Waals surface area contributed by atoms with E-state index in [1.54, 1.807) is 30.3 Å². The van der Waals surface area contributed by atoms with Gasteiger partial charge in [-0.05, 0) is 30.3 Å². The molecule has 0 fully saturated rings. The number of furan rings is 1. The normalized spacial score (nSPS) is 9.58. The van der Waals surface area contributed by atoms with Gasteiger partial charge in [0.25, 0.3) is 5.91 Å². The molecule has 0 radical (unpaired) electrons. The van der Waals surface area contributed by atoms with E-state index in [0.29, 0.717) is 16.3 Å². The van der Waals surface area contributed by atoms with Crippen molar-refractivity contribution in [3.05, 3.63) is 52.9 Å². The summed E-state index contributed by atoms with van der Waals surface area (Å²) in [5.41, 5.74) is 6.52. The lowest BCUT2D eigenvalue weighted by atomic mass is 10.2. The molecular weight excluding hydrogens is 264 g/mol. The van der Waals surface area contributed by atoms with Gasteiger partial charge in [-0.25, -0.2) is 0 Å². The third-order valence-electron chi connectivity index (χ3n) is 2.29.